The molecule has 7 nitrogen and oxygen atoms in total. The minimum absolute atomic E-state index is 0.0535. The lowest BCUT2D eigenvalue weighted by Crippen LogP contribution is -2.46. The molecule has 0 bridgehead atoms. The van der Waals surface area contributed by atoms with Gasteiger partial charge in [-0.25, -0.2) is 22.2 Å². The number of nitrogens with zero attached hydrogens (tertiary/aromatic N) is 3. The molecule has 1 aromatic heterocycles. The van der Waals surface area contributed by atoms with Gasteiger partial charge < -0.3 is 4.74 Å². The third-order valence-electron chi connectivity index (χ3n) is 6.86. The molecule has 1 unspecified atom stereocenters. The Hall–Kier alpha value is -2.18. The lowest BCUT2D eigenvalue weighted by atomic mass is 9.96. The van der Waals surface area contributed by atoms with E-state index in [9.17, 15) is 22.0 Å². The average molecular weight is 570 g/mol. The molecule has 3 aromatic rings. The van der Waals surface area contributed by atoms with Crippen LogP contribution in [0.25, 0.3) is 10.2 Å². The van der Waals surface area contributed by atoms with E-state index in [1.54, 1.807) is 4.90 Å². The van der Waals surface area contributed by atoms with Crippen molar-refractivity contribution < 1.29 is 26.7 Å². The maximum Gasteiger partial charge on any atom is 0.245 e. The molecule has 2 aliphatic heterocycles. The highest BCUT2D eigenvalue weighted by Gasteiger charge is 2.37. The van der Waals surface area contributed by atoms with Gasteiger partial charge in [0.25, 0.3) is 0 Å². The Kier molecular flexibility index (Phi) is 7.52. The summed E-state index contributed by atoms with van der Waals surface area (Å²) < 4.78 is 61.3. The Morgan fingerprint density at radius 2 is 1.97 bits per heavy atom. The number of aromatic nitrogens is 1. The van der Waals surface area contributed by atoms with E-state index in [-0.39, 0.29) is 37.9 Å². The van der Waals surface area contributed by atoms with Crippen molar-refractivity contribution in [2.75, 3.05) is 31.1 Å². The summed E-state index contributed by atoms with van der Waals surface area (Å²) in [5, 5.41) is 1.16. The molecular weight excluding hydrogens is 544 g/mol. The molecular formula is C25H26ClF2N3O4S2. The van der Waals surface area contributed by atoms with Gasteiger partial charge in [0.2, 0.25) is 15.9 Å². The first-order valence-corrected chi connectivity index (χ1v) is 14.7. The molecule has 0 saturated carbocycles. The molecule has 2 saturated heterocycles. The minimum Gasteiger partial charge on any atom is -0.376 e. The van der Waals surface area contributed by atoms with Crippen LogP contribution in [0.1, 0.15) is 31.2 Å². The number of carbonyl (C=O) groups excluding carboxylic acids is 1. The molecule has 0 radical (unpaired) electrons. The van der Waals surface area contributed by atoms with Gasteiger partial charge in [0.15, 0.2) is 5.13 Å². The highest BCUT2D eigenvalue weighted by atomic mass is 35.5. The molecule has 37 heavy (non-hydrogen) atoms. The van der Waals surface area contributed by atoms with Crippen LogP contribution in [-0.2, 0) is 19.6 Å². The number of halogens is 3. The first-order chi connectivity index (χ1) is 17.6. The van der Waals surface area contributed by atoms with E-state index in [0.717, 1.165) is 45.1 Å². The minimum atomic E-state index is -4.15. The molecule has 0 aliphatic carbocycles. The van der Waals surface area contributed by atoms with Gasteiger partial charge in [0.1, 0.15) is 16.5 Å². The predicted octanol–water partition coefficient (Wildman–Crippen LogP) is 5.15. The van der Waals surface area contributed by atoms with Crippen LogP contribution in [0.15, 0.2) is 35.2 Å². The quantitative estimate of drug-likeness (QED) is 0.410. The molecule has 2 aromatic carbocycles. The maximum atomic E-state index is 14.2. The molecule has 0 spiro atoms. The van der Waals surface area contributed by atoms with Gasteiger partial charge in [-0.15, -0.1) is 0 Å². The zero-order valence-corrected chi connectivity index (χ0v) is 22.5. The van der Waals surface area contributed by atoms with Gasteiger partial charge in [-0.2, -0.15) is 4.31 Å². The number of thiazole rings is 1. The summed E-state index contributed by atoms with van der Waals surface area (Å²) >= 11 is 7.62. The zero-order chi connectivity index (χ0) is 26.3. The predicted molar refractivity (Wildman–Crippen MR) is 139 cm³/mol. The molecule has 5 rings (SSSR count). The lowest BCUT2D eigenvalue weighted by molar-refractivity contribution is -0.123. The van der Waals surface area contributed by atoms with Crippen molar-refractivity contribution >= 4 is 54.2 Å². The molecule has 198 valence electrons. The van der Waals surface area contributed by atoms with E-state index in [2.05, 4.69) is 0 Å². The third kappa shape index (κ3) is 5.37. The van der Waals surface area contributed by atoms with E-state index in [1.807, 2.05) is 19.1 Å². The van der Waals surface area contributed by atoms with E-state index in [4.69, 9.17) is 21.3 Å². The molecule has 3 heterocycles. The first-order valence-electron chi connectivity index (χ1n) is 12.1. The lowest BCUT2D eigenvalue weighted by Gasteiger charge is -2.33. The fourth-order valence-corrected chi connectivity index (χ4v) is 7.85. The van der Waals surface area contributed by atoms with Crippen molar-refractivity contribution in [3.05, 3.63) is 52.6 Å². The van der Waals surface area contributed by atoms with Crippen LogP contribution in [0, 0.1) is 24.5 Å². The van der Waals surface area contributed by atoms with E-state index in [0.29, 0.717) is 29.4 Å². The Balaban J connectivity index is 1.36. The van der Waals surface area contributed by atoms with Crippen molar-refractivity contribution in [2.45, 2.75) is 43.6 Å². The fourth-order valence-electron chi connectivity index (χ4n) is 4.90. The van der Waals surface area contributed by atoms with Crippen molar-refractivity contribution in [1.29, 1.82) is 0 Å². The largest absolute Gasteiger partial charge is 0.376 e. The van der Waals surface area contributed by atoms with Crippen molar-refractivity contribution in [2.24, 2.45) is 5.92 Å². The van der Waals surface area contributed by atoms with Crippen LogP contribution in [0.5, 0.6) is 0 Å². The molecule has 2 fully saturated rings. The van der Waals surface area contributed by atoms with Crippen molar-refractivity contribution in [3.63, 3.8) is 0 Å². The van der Waals surface area contributed by atoms with Gasteiger partial charge in [-0.1, -0.05) is 22.9 Å². The Labute approximate surface area is 223 Å². The maximum absolute atomic E-state index is 14.2. The number of amides is 1. The molecule has 1 atom stereocenters. The summed E-state index contributed by atoms with van der Waals surface area (Å²) in [5.41, 5.74) is 1.71. The fraction of sp³-hybridized carbons (Fsp3) is 0.440. The number of ether oxygens (including phenoxy) is 1. The summed E-state index contributed by atoms with van der Waals surface area (Å²) in [6.07, 6.45) is 2.23. The Morgan fingerprint density at radius 3 is 2.65 bits per heavy atom. The second kappa shape index (κ2) is 10.5. The van der Waals surface area contributed by atoms with Gasteiger partial charge in [-0.3, -0.25) is 9.69 Å². The Morgan fingerprint density at radius 1 is 1.22 bits per heavy atom. The second-order valence-corrected chi connectivity index (χ2v) is 12.8. The number of sulfonamides is 1. The number of anilines is 1. The standard InChI is InChI=1S/C25H26ClF2N3O4S2/c1-15-11-17(26)12-21-23(15)29-25(36-21)31(14-19-3-2-10-35-19)24(32)16-6-8-30(9-7-16)37(33,34)22-5-4-18(27)13-20(22)28/h4-5,11-13,16,19H,2-3,6-10,14H2,1H3. The molecule has 0 N–H and O–H groups in total. The average Bonchev–Trinajstić information content (AvgIpc) is 3.52. The van der Waals surface area contributed by atoms with Crippen LogP contribution in [0.2, 0.25) is 5.02 Å². The van der Waals surface area contributed by atoms with Crippen molar-refractivity contribution in [3.8, 4) is 0 Å². The van der Waals surface area contributed by atoms with Gasteiger partial charge in [0.05, 0.1) is 22.9 Å². The third-order valence-corrected chi connectivity index (χ3v) is 10.0. The number of fused-ring (bicyclic) bond motifs is 1. The highest BCUT2D eigenvalue weighted by Crippen LogP contribution is 2.35. The van der Waals surface area contributed by atoms with Crippen LogP contribution in [0.3, 0.4) is 0 Å². The molecule has 1 amide bonds. The normalized spacial score (nSPS) is 19.5. The van der Waals surface area contributed by atoms with Gasteiger partial charge >= 0.3 is 0 Å². The van der Waals surface area contributed by atoms with Gasteiger partial charge in [0, 0.05) is 36.7 Å². The summed E-state index contributed by atoms with van der Waals surface area (Å²) in [6, 6.07) is 6.07. The van der Waals surface area contributed by atoms with Crippen LogP contribution < -0.4 is 4.90 Å². The van der Waals surface area contributed by atoms with E-state index in [1.165, 1.54) is 11.3 Å². The van der Waals surface area contributed by atoms with Gasteiger partial charge in [-0.05, 0) is 62.4 Å². The van der Waals surface area contributed by atoms with Crippen LogP contribution in [-0.4, -0.2) is 56.0 Å². The number of piperidine rings is 1. The summed E-state index contributed by atoms with van der Waals surface area (Å²) in [5.74, 6) is -2.54. The van der Waals surface area contributed by atoms with Crippen LogP contribution >= 0.6 is 22.9 Å². The topological polar surface area (TPSA) is 79.8 Å². The summed E-state index contributed by atoms with van der Waals surface area (Å²) in [7, 11) is -4.15. The number of hydrogen-bond donors (Lipinski definition) is 0. The molecule has 2 aliphatic rings. The number of hydrogen-bond acceptors (Lipinski definition) is 6. The number of aryl methyl sites for hydroxylation is 1. The first kappa shape index (κ1) is 26.4. The number of rotatable bonds is 6. The second-order valence-electron chi connectivity index (χ2n) is 9.40. The smallest absolute Gasteiger partial charge is 0.245 e. The summed E-state index contributed by atoms with van der Waals surface area (Å²) in [4.78, 5) is 19.6. The summed E-state index contributed by atoms with van der Waals surface area (Å²) in [6.45, 7) is 3.04. The molecule has 12 heteroatoms. The monoisotopic (exact) mass is 569 g/mol. The van der Waals surface area contributed by atoms with Crippen molar-refractivity contribution in [1.82, 2.24) is 9.29 Å². The number of benzene rings is 2. The van der Waals surface area contributed by atoms with E-state index >= 15 is 0 Å². The number of carbonyl (C=O) groups is 1. The Bertz CT molecular complexity index is 1440. The highest BCUT2D eigenvalue weighted by molar-refractivity contribution is 7.89. The van der Waals surface area contributed by atoms with E-state index < -0.39 is 32.5 Å². The van der Waals surface area contributed by atoms with Crippen LogP contribution in [0.4, 0.5) is 13.9 Å². The zero-order valence-electron chi connectivity index (χ0n) is 20.1. The SMILES string of the molecule is Cc1cc(Cl)cc2sc(N(CC3CCCO3)C(=O)C3CCN(S(=O)(=O)c4ccc(F)cc4F)CC3)nc12.